The Kier molecular flexibility index (Phi) is 7.42. The number of phenols is 1. The first kappa shape index (κ1) is 20.2. The summed E-state index contributed by atoms with van der Waals surface area (Å²) in [4.78, 5) is 24.3. The summed E-state index contributed by atoms with van der Waals surface area (Å²) in [7, 11) is 0. The second kappa shape index (κ2) is 9.55. The fourth-order valence-electron chi connectivity index (χ4n) is 3.29. The van der Waals surface area contributed by atoms with Crippen molar-refractivity contribution in [1.29, 1.82) is 0 Å². The van der Waals surface area contributed by atoms with Crippen LogP contribution in [0.25, 0.3) is 0 Å². The van der Waals surface area contributed by atoms with Gasteiger partial charge in [0.1, 0.15) is 6.10 Å². The van der Waals surface area contributed by atoms with Crippen molar-refractivity contribution in [3.63, 3.8) is 0 Å². The van der Waals surface area contributed by atoms with E-state index in [0.717, 1.165) is 25.7 Å². The number of carbonyl (C=O) groups is 2. The Morgan fingerprint density at radius 1 is 1.31 bits per heavy atom. The first-order valence-electron chi connectivity index (χ1n) is 9.35. The van der Waals surface area contributed by atoms with Gasteiger partial charge in [-0.05, 0) is 51.2 Å². The minimum Gasteiger partial charge on any atom is -0.504 e. The van der Waals surface area contributed by atoms with Crippen LogP contribution in [-0.4, -0.2) is 29.6 Å². The summed E-state index contributed by atoms with van der Waals surface area (Å²) in [5, 5.41) is 9.90. The molecular formula is C20H27FO5. The molecule has 2 atom stereocenters. The maximum absolute atomic E-state index is 14.0. The maximum atomic E-state index is 14.0. The summed E-state index contributed by atoms with van der Waals surface area (Å²) < 4.78 is 24.5. The van der Waals surface area contributed by atoms with E-state index in [-0.39, 0.29) is 48.1 Å². The zero-order chi connectivity index (χ0) is 19.1. The number of carbonyl (C=O) groups excluding carboxylic acids is 2. The Morgan fingerprint density at radius 2 is 2.08 bits per heavy atom. The lowest BCUT2D eigenvalue weighted by molar-refractivity contribution is -0.161. The molecule has 1 aliphatic rings. The van der Waals surface area contributed by atoms with Crippen LogP contribution in [0.4, 0.5) is 4.39 Å². The molecule has 6 heteroatoms. The molecule has 1 fully saturated rings. The molecule has 0 amide bonds. The number of benzene rings is 1. The third-order valence-electron chi connectivity index (χ3n) is 4.70. The number of phenolic OH excluding ortho intramolecular Hbond substituents is 1. The Labute approximate surface area is 153 Å². The number of hydrogen-bond donors (Lipinski definition) is 1. The van der Waals surface area contributed by atoms with E-state index >= 15 is 0 Å². The van der Waals surface area contributed by atoms with Crippen molar-refractivity contribution >= 4 is 11.8 Å². The molecule has 1 aliphatic heterocycles. The summed E-state index contributed by atoms with van der Waals surface area (Å²) in [5.41, 5.74) is -0.0554. The van der Waals surface area contributed by atoms with Crippen LogP contribution in [-0.2, 0) is 9.53 Å². The first-order valence-corrected chi connectivity index (χ1v) is 9.35. The molecule has 0 aliphatic carbocycles. The van der Waals surface area contributed by atoms with Crippen molar-refractivity contribution in [1.82, 2.24) is 0 Å². The van der Waals surface area contributed by atoms with Crippen molar-refractivity contribution in [3.8, 4) is 11.5 Å². The predicted octanol–water partition coefficient (Wildman–Crippen LogP) is 4.40. The van der Waals surface area contributed by atoms with Gasteiger partial charge in [0.25, 0.3) is 0 Å². The van der Waals surface area contributed by atoms with Gasteiger partial charge in [-0.2, -0.15) is 4.39 Å². The van der Waals surface area contributed by atoms with Crippen LogP contribution in [0.15, 0.2) is 12.1 Å². The Bertz CT molecular complexity index is 643. The van der Waals surface area contributed by atoms with Crippen LogP contribution in [0, 0.1) is 11.7 Å². The highest BCUT2D eigenvalue weighted by Gasteiger charge is 2.29. The van der Waals surface area contributed by atoms with E-state index in [1.807, 2.05) is 0 Å². The molecule has 0 aromatic heterocycles. The van der Waals surface area contributed by atoms with Gasteiger partial charge in [-0.1, -0.05) is 13.3 Å². The van der Waals surface area contributed by atoms with E-state index in [2.05, 4.69) is 6.92 Å². The Hall–Kier alpha value is -2.11. The molecule has 144 valence electrons. The lowest BCUT2D eigenvalue weighted by atomic mass is 9.90. The van der Waals surface area contributed by atoms with Crippen molar-refractivity contribution in [3.05, 3.63) is 23.5 Å². The molecule has 1 N–H and O–H groups in total. The van der Waals surface area contributed by atoms with Gasteiger partial charge in [-0.15, -0.1) is 0 Å². The zero-order valence-corrected chi connectivity index (χ0v) is 15.4. The smallest absolute Gasteiger partial charge is 0.309 e. The van der Waals surface area contributed by atoms with Gasteiger partial charge in [0.2, 0.25) is 5.82 Å². The number of esters is 1. The van der Waals surface area contributed by atoms with E-state index in [1.54, 1.807) is 6.92 Å². The maximum Gasteiger partial charge on any atom is 0.309 e. The number of hydrogen-bond acceptors (Lipinski definition) is 5. The lowest BCUT2D eigenvalue weighted by Gasteiger charge is -2.27. The number of ketones is 1. The highest BCUT2D eigenvalue weighted by Crippen LogP contribution is 2.31. The first-order chi connectivity index (χ1) is 12.5. The Balaban J connectivity index is 1.86. The van der Waals surface area contributed by atoms with Crippen molar-refractivity contribution in [2.45, 2.75) is 64.9 Å². The van der Waals surface area contributed by atoms with E-state index in [4.69, 9.17) is 9.47 Å². The number of Topliss-reactive ketones (excluding diaryl/α,β-unsaturated/α-hetero) is 1. The van der Waals surface area contributed by atoms with Crippen molar-refractivity contribution in [2.24, 2.45) is 5.92 Å². The highest BCUT2D eigenvalue weighted by molar-refractivity contribution is 5.98. The number of cyclic esters (lactones) is 1. The number of rotatable bonds is 9. The summed E-state index contributed by atoms with van der Waals surface area (Å²) in [6, 6.07) is 2.72. The molecule has 2 unspecified atom stereocenters. The lowest BCUT2D eigenvalue weighted by Crippen LogP contribution is -2.31. The molecule has 0 saturated carbocycles. The van der Waals surface area contributed by atoms with E-state index in [1.165, 1.54) is 12.1 Å². The molecule has 1 aromatic rings. The molecular weight excluding hydrogens is 339 g/mol. The molecule has 5 nitrogen and oxygen atoms in total. The van der Waals surface area contributed by atoms with E-state index in [9.17, 15) is 19.1 Å². The van der Waals surface area contributed by atoms with E-state index < -0.39 is 11.6 Å². The van der Waals surface area contributed by atoms with Gasteiger partial charge in [-0.25, -0.2) is 0 Å². The Morgan fingerprint density at radius 3 is 2.73 bits per heavy atom. The SMILES string of the molecule is CCCC1CCC(CCCC(=O)c2ccc(OCC)c(F)c2O)C(=O)O1. The molecule has 1 aromatic carbocycles. The highest BCUT2D eigenvalue weighted by atomic mass is 19.1. The van der Waals surface area contributed by atoms with E-state index in [0.29, 0.717) is 12.8 Å². The number of aromatic hydroxyl groups is 1. The average Bonchev–Trinajstić information content (AvgIpc) is 2.61. The number of halogens is 1. The predicted molar refractivity (Wildman–Crippen MR) is 94.9 cm³/mol. The molecule has 26 heavy (non-hydrogen) atoms. The minimum atomic E-state index is -0.921. The second-order valence-electron chi connectivity index (χ2n) is 6.64. The summed E-state index contributed by atoms with van der Waals surface area (Å²) in [5.74, 6) is -2.39. The van der Waals surface area contributed by atoms with Crippen LogP contribution >= 0.6 is 0 Å². The summed E-state index contributed by atoms with van der Waals surface area (Å²) in [6.45, 7) is 4.03. The summed E-state index contributed by atoms with van der Waals surface area (Å²) >= 11 is 0. The summed E-state index contributed by atoms with van der Waals surface area (Å²) in [6.07, 6.45) is 4.73. The van der Waals surface area contributed by atoms with Gasteiger partial charge in [0.05, 0.1) is 18.1 Å². The van der Waals surface area contributed by atoms with Gasteiger partial charge in [-0.3, -0.25) is 9.59 Å². The largest absolute Gasteiger partial charge is 0.504 e. The standard InChI is InChI=1S/C20H27FO5/c1-3-6-14-10-9-13(20(24)26-14)7-5-8-16(22)15-11-12-17(25-4-2)18(21)19(15)23/h11-14,23H,3-10H2,1-2H3. The number of ether oxygens (including phenoxy) is 2. The quantitative estimate of drug-likeness (QED) is 0.518. The molecule has 0 bridgehead atoms. The fourth-order valence-corrected chi connectivity index (χ4v) is 3.29. The third kappa shape index (κ3) is 4.96. The monoisotopic (exact) mass is 366 g/mol. The molecule has 0 spiro atoms. The minimum absolute atomic E-state index is 0.0224. The molecule has 1 heterocycles. The van der Waals surface area contributed by atoms with Crippen LogP contribution in [0.3, 0.4) is 0 Å². The molecule has 2 rings (SSSR count). The average molecular weight is 366 g/mol. The van der Waals surface area contributed by atoms with Crippen molar-refractivity contribution in [2.75, 3.05) is 6.61 Å². The fraction of sp³-hybridized carbons (Fsp3) is 0.600. The molecule has 1 saturated heterocycles. The molecule has 0 radical (unpaired) electrons. The van der Waals surface area contributed by atoms with Gasteiger partial charge >= 0.3 is 5.97 Å². The second-order valence-corrected chi connectivity index (χ2v) is 6.64. The van der Waals surface area contributed by atoms with Gasteiger partial charge in [0.15, 0.2) is 17.3 Å². The normalized spacial score (nSPS) is 19.9. The van der Waals surface area contributed by atoms with Crippen LogP contribution in [0.5, 0.6) is 11.5 Å². The van der Waals surface area contributed by atoms with Crippen molar-refractivity contribution < 1.29 is 28.6 Å². The van der Waals surface area contributed by atoms with Crippen LogP contribution in [0.2, 0.25) is 0 Å². The van der Waals surface area contributed by atoms with Crippen LogP contribution in [0.1, 0.15) is 69.2 Å². The topological polar surface area (TPSA) is 72.8 Å². The van der Waals surface area contributed by atoms with Crippen LogP contribution < -0.4 is 4.74 Å². The van der Waals surface area contributed by atoms with Gasteiger partial charge in [0, 0.05) is 6.42 Å². The zero-order valence-electron chi connectivity index (χ0n) is 15.4. The van der Waals surface area contributed by atoms with Gasteiger partial charge < -0.3 is 14.6 Å². The third-order valence-corrected chi connectivity index (χ3v) is 4.70.